The lowest BCUT2D eigenvalue weighted by atomic mass is 10.2. The summed E-state index contributed by atoms with van der Waals surface area (Å²) < 4.78 is 5.35. The van der Waals surface area contributed by atoms with E-state index in [-0.39, 0.29) is 18.2 Å². The van der Waals surface area contributed by atoms with Crippen LogP contribution in [0.25, 0.3) is 0 Å². The van der Waals surface area contributed by atoms with Gasteiger partial charge in [-0.1, -0.05) is 11.6 Å². The molecule has 1 aromatic rings. The van der Waals surface area contributed by atoms with Crippen molar-refractivity contribution in [1.29, 1.82) is 0 Å². The summed E-state index contributed by atoms with van der Waals surface area (Å²) in [6.07, 6.45) is 0.178. The Bertz CT molecular complexity index is 533. The maximum atomic E-state index is 12.0. The van der Waals surface area contributed by atoms with E-state index in [4.69, 9.17) is 16.3 Å². The number of hydrogen-bond acceptors (Lipinski definition) is 4. The fourth-order valence-corrected chi connectivity index (χ4v) is 2.43. The van der Waals surface area contributed by atoms with E-state index in [1.165, 1.54) is 4.90 Å². The third kappa shape index (κ3) is 2.88. The predicted octanol–water partition coefficient (Wildman–Crippen LogP) is 2.30. The van der Waals surface area contributed by atoms with E-state index in [2.05, 4.69) is 5.32 Å². The minimum absolute atomic E-state index is 0.146. The molecule has 1 aliphatic rings. The Morgan fingerprint density at radius 2 is 2.15 bits per heavy atom. The Labute approximate surface area is 122 Å². The van der Waals surface area contributed by atoms with Crippen LogP contribution in [0.2, 0.25) is 5.02 Å². The molecule has 5 nitrogen and oxygen atoms in total. The zero-order valence-corrected chi connectivity index (χ0v) is 12.2. The van der Waals surface area contributed by atoms with Crippen molar-refractivity contribution in [1.82, 2.24) is 4.90 Å². The molecule has 1 aromatic carbocycles. The molecule has 1 atom stereocenters. The molecule has 2 rings (SSSR count). The summed E-state index contributed by atoms with van der Waals surface area (Å²) in [7, 11) is 0. The van der Waals surface area contributed by atoms with Crippen LogP contribution in [0, 0.1) is 0 Å². The minimum atomic E-state index is -0.517. The number of likely N-dealkylation sites (N-methyl/N-ethyl adjacent to an activating group) is 1. The van der Waals surface area contributed by atoms with Gasteiger partial charge in [-0.15, -0.1) is 0 Å². The van der Waals surface area contributed by atoms with Gasteiger partial charge < -0.3 is 10.1 Å². The maximum absolute atomic E-state index is 12.0. The summed E-state index contributed by atoms with van der Waals surface area (Å²) in [5, 5.41) is 3.52. The van der Waals surface area contributed by atoms with E-state index in [1.807, 2.05) is 6.92 Å². The van der Waals surface area contributed by atoms with Gasteiger partial charge in [0, 0.05) is 12.2 Å². The van der Waals surface area contributed by atoms with Crippen LogP contribution in [-0.4, -0.2) is 35.9 Å². The maximum Gasteiger partial charge on any atom is 0.252 e. The molecule has 0 aromatic heterocycles. The highest BCUT2D eigenvalue weighted by atomic mass is 35.5. The number of likely N-dealkylation sites (tertiary alicyclic amines) is 1. The molecule has 0 bridgehead atoms. The van der Waals surface area contributed by atoms with Gasteiger partial charge in [-0.25, -0.2) is 0 Å². The molecule has 0 radical (unpaired) electrons. The number of nitrogens with one attached hydrogen (secondary N) is 1. The Morgan fingerprint density at radius 1 is 1.40 bits per heavy atom. The molecule has 6 heteroatoms. The van der Waals surface area contributed by atoms with Crippen LogP contribution in [0.15, 0.2) is 18.2 Å². The highest BCUT2D eigenvalue weighted by molar-refractivity contribution is 6.32. The van der Waals surface area contributed by atoms with Gasteiger partial charge in [-0.05, 0) is 32.0 Å². The lowest BCUT2D eigenvalue weighted by Crippen LogP contribution is -2.34. The van der Waals surface area contributed by atoms with Crippen LogP contribution < -0.4 is 10.1 Å². The molecule has 1 heterocycles. The summed E-state index contributed by atoms with van der Waals surface area (Å²) in [4.78, 5) is 24.9. The molecule has 108 valence electrons. The van der Waals surface area contributed by atoms with Crippen LogP contribution in [0.5, 0.6) is 5.75 Å². The standard InChI is InChI=1S/C14H17ClN2O3/c1-3-17-13(18)8-11(14(17)19)16-9-5-6-12(20-4-2)10(15)7-9/h5-7,11,16H,3-4,8H2,1-2H3. The Kier molecular flexibility index (Phi) is 4.49. The molecule has 0 saturated carbocycles. The van der Waals surface area contributed by atoms with Crippen LogP contribution in [0.3, 0.4) is 0 Å². The number of carbonyl (C=O) groups is 2. The van der Waals surface area contributed by atoms with Gasteiger partial charge in [-0.2, -0.15) is 0 Å². The number of rotatable bonds is 5. The number of benzene rings is 1. The molecular weight excluding hydrogens is 280 g/mol. The number of imide groups is 1. The number of amides is 2. The summed E-state index contributed by atoms with van der Waals surface area (Å²) in [5.41, 5.74) is 0.697. The first kappa shape index (κ1) is 14.7. The Morgan fingerprint density at radius 3 is 2.70 bits per heavy atom. The van der Waals surface area contributed by atoms with Gasteiger partial charge in [0.05, 0.1) is 18.1 Å². The molecular formula is C14H17ClN2O3. The zero-order chi connectivity index (χ0) is 14.7. The van der Waals surface area contributed by atoms with Gasteiger partial charge in [0.15, 0.2) is 0 Å². The van der Waals surface area contributed by atoms with Gasteiger partial charge in [0.2, 0.25) is 5.91 Å². The fourth-order valence-electron chi connectivity index (χ4n) is 2.19. The van der Waals surface area contributed by atoms with E-state index in [0.717, 1.165) is 0 Å². The molecule has 0 spiro atoms. The highest BCUT2D eigenvalue weighted by Gasteiger charge is 2.37. The van der Waals surface area contributed by atoms with E-state index >= 15 is 0 Å². The lowest BCUT2D eigenvalue weighted by Gasteiger charge is -2.15. The van der Waals surface area contributed by atoms with Crippen LogP contribution in [0.4, 0.5) is 5.69 Å². The number of ether oxygens (including phenoxy) is 1. The second-order valence-electron chi connectivity index (χ2n) is 4.46. The lowest BCUT2D eigenvalue weighted by molar-refractivity contribution is -0.138. The van der Waals surface area contributed by atoms with Crippen molar-refractivity contribution < 1.29 is 14.3 Å². The molecule has 1 saturated heterocycles. The largest absolute Gasteiger partial charge is 0.492 e. The third-order valence-electron chi connectivity index (χ3n) is 3.13. The van der Waals surface area contributed by atoms with E-state index in [0.29, 0.717) is 29.6 Å². The van der Waals surface area contributed by atoms with Crippen LogP contribution in [-0.2, 0) is 9.59 Å². The first-order chi connectivity index (χ1) is 9.56. The second kappa shape index (κ2) is 6.13. The molecule has 1 unspecified atom stereocenters. The normalized spacial score (nSPS) is 18.6. The molecule has 1 fully saturated rings. The monoisotopic (exact) mass is 296 g/mol. The van der Waals surface area contributed by atoms with Crippen molar-refractivity contribution in [2.75, 3.05) is 18.5 Å². The number of nitrogens with zero attached hydrogens (tertiary/aromatic N) is 1. The molecule has 1 aliphatic heterocycles. The second-order valence-corrected chi connectivity index (χ2v) is 4.86. The number of hydrogen-bond donors (Lipinski definition) is 1. The quantitative estimate of drug-likeness (QED) is 0.847. The number of carbonyl (C=O) groups excluding carboxylic acids is 2. The van der Waals surface area contributed by atoms with Crippen LogP contribution in [0.1, 0.15) is 20.3 Å². The van der Waals surface area contributed by atoms with Gasteiger partial charge in [0.1, 0.15) is 11.8 Å². The number of halogens is 1. The average molecular weight is 297 g/mol. The Hall–Kier alpha value is -1.75. The fraction of sp³-hybridized carbons (Fsp3) is 0.429. The van der Waals surface area contributed by atoms with Crippen molar-refractivity contribution in [3.05, 3.63) is 23.2 Å². The van der Waals surface area contributed by atoms with Crippen molar-refractivity contribution >= 4 is 29.1 Å². The number of anilines is 1. The summed E-state index contributed by atoms with van der Waals surface area (Å²) in [5.74, 6) is 0.262. The van der Waals surface area contributed by atoms with E-state index in [9.17, 15) is 9.59 Å². The highest BCUT2D eigenvalue weighted by Crippen LogP contribution is 2.28. The van der Waals surface area contributed by atoms with Gasteiger partial charge in [0.25, 0.3) is 5.91 Å². The van der Waals surface area contributed by atoms with Crippen molar-refractivity contribution in [2.24, 2.45) is 0 Å². The first-order valence-electron chi connectivity index (χ1n) is 6.59. The van der Waals surface area contributed by atoms with Crippen molar-refractivity contribution in [3.8, 4) is 5.75 Å². The molecule has 0 aliphatic carbocycles. The predicted molar refractivity (Wildman–Crippen MR) is 77.0 cm³/mol. The van der Waals surface area contributed by atoms with Crippen molar-refractivity contribution in [3.63, 3.8) is 0 Å². The van der Waals surface area contributed by atoms with E-state index < -0.39 is 6.04 Å². The van der Waals surface area contributed by atoms with Crippen LogP contribution >= 0.6 is 11.6 Å². The molecule has 20 heavy (non-hydrogen) atoms. The first-order valence-corrected chi connectivity index (χ1v) is 6.97. The minimum Gasteiger partial charge on any atom is -0.492 e. The average Bonchev–Trinajstić information content (AvgIpc) is 2.67. The van der Waals surface area contributed by atoms with Crippen molar-refractivity contribution in [2.45, 2.75) is 26.3 Å². The van der Waals surface area contributed by atoms with Gasteiger partial charge >= 0.3 is 0 Å². The summed E-state index contributed by atoms with van der Waals surface area (Å²) >= 11 is 6.09. The van der Waals surface area contributed by atoms with E-state index in [1.54, 1.807) is 25.1 Å². The Balaban J connectivity index is 2.09. The summed E-state index contributed by atoms with van der Waals surface area (Å²) in [6, 6.07) is 4.70. The molecule has 2 amide bonds. The smallest absolute Gasteiger partial charge is 0.252 e. The zero-order valence-electron chi connectivity index (χ0n) is 11.5. The molecule has 1 N–H and O–H groups in total. The third-order valence-corrected chi connectivity index (χ3v) is 3.43. The van der Waals surface area contributed by atoms with Gasteiger partial charge in [-0.3, -0.25) is 14.5 Å². The topological polar surface area (TPSA) is 58.6 Å². The summed E-state index contributed by atoms with van der Waals surface area (Å²) in [6.45, 7) is 4.60. The SMILES string of the molecule is CCOc1ccc(NC2CC(=O)N(CC)C2=O)cc1Cl.